The molecule has 11 heteroatoms. The van der Waals surface area contributed by atoms with E-state index in [4.69, 9.17) is 4.74 Å². The number of nitrogens with zero attached hydrogens (tertiary/aromatic N) is 4. The maximum absolute atomic E-state index is 13.7. The fraction of sp³-hybridized carbons (Fsp3) is 0.481. The zero-order valence-electron chi connectivity index (χ0n) is 21.2. The summed E-state index contributed by atoms with van der Waals surface area (Å²) in [7, 11) is 1.98. The van der Waals surface area contributed by atoms with Gasteiger partial charge in [0.05, 0.1) is 52.6 Å². The Morgan fingerprint density at radius 3 is 2.55 bits per heavy atom. The topological polar surface area (TPSA) is 75.6 Å². The second-order valence-electron chi connectivity index (χ2n) is 11.0. The maximum atomic E-state index is 13.7. The molecule has 6 rings (SSSR count). The number of hydrogen-bond donors (Lipinski definition) is 0. The van der Waals surface area contributed by atoms with E-state index in [0.29, 0.717) is 46.6 Å². The van der Waals surface area contributed by atoms with Crippen molar-refractivity contribution in [2.24, 2.45) is 17.3 Å². The van der Waals surface area contributed by atoms with Gasteiger partial charge in [-0.15, -0.1) is 11.3 Å². The molecule has 2 saturated heterocycles. The number of carbonyl (C=O) groups is 2. The van der Waals surface area contributed by atoms with Crippen molar-refractivity contribution in [1.29, 1.82) is 0 Å². The monoisotopic (exact) mass is 544 g/mol. The number of likely N-dealkylation sites (N-methyl/N-ethyl adjacent to an activating group) is 1. The van der Waals surface area contributed by atoms with Gasteiger partial charge in [-0.05, 0) is 30.7 Å². The zero-order valence-corrected chi connectivity index (χ0v) is 22.0. The third-order valence-corrected chi connectivity index (χ3v) is 9.16. The summed E-state index contributed by atoms with van der Waals surface area (Å²) < 4.78 is 47.6. The molecule has 7 nitrogen and oxygen atoms in total. The van der Waals surface area contributed by atoms with E-state index in [1.54, 1.807) is 18.3 Å². The number of ether oxygens (including phenoxy) is 1. The lowest BCUT2D eigenvalue weighted by molar-refractivity contribution is -0.143. The van der Waals surface area contributed by atoms with Crippen LogP contribution in [0.2, 0.25) is 0 Å². The number of piperidine rings is 1. The largest absolute Gasteiger partial charge is 0.417 e. The molecule has 3 aromatic rings. The van der Waals surface area contributed by atoms with E-state index in [1.807, 2.05) is 20.9 Å². The summed E-state index contributed by atoms with van der Waals surface area (Å²) in [5.74, 6) is -0.842. The summed E-state index contributed by atoms with van der Waals surface area (Å²) in [5, 5.41) is 0. The molecule has 0 bridgehead atoms. The van der Waals surface area contributed by atoms with E-state index in [0.717, 1.165) is 23.7 Å². The van der Waals surface area contributed by atoms with Crippen molar-refractivity contribution in [3.8, 4) is 11.1 Å². The van der Waals surface area contributed by atoms with Crippen molar-refractivity contribution < 1.29 is 27.5 Å². The second-order valence-corrected chi connectivity index (χ2v) is 12.1. The van der Waals surface area contributed by atoms with E-state index in [9.17, 15) is 22.8 Å². The summed E-state index contributed by atoms with van der Waals surface area (Å²) >= 11 is 1.34. The Balaban J connectivity index is 1.36. The number of hydrogen-bond acceptors (Lipinski definition) is 7. The lowest BCUT2D eigenvalue weighted by atomic mass is 9.98. The molecule has 38 heavy (non-hydrogen) atoms. The lowest BCUT2D eigenvalue weighted by Gasteiger charge is -2.30. The van der Waals surface area contributed by atoms with Crippen molar-refractivity contribution in [3.63, 3.8) is 0 Å². The number of aromatic nitrogens is 2. The predicted octanol–water partition coefficient (Wildman–Crippen LogP) is 4.39. The molecule has 0 aromatic carbocycles. The highest BCUT2D eigenvalue weighted by Crippen LogP contribution is 2.63. The van der Waals surface area contributed by atoms with Crippen LogP contribution in [0.4, 0.5) is 13.2 Å². The molecule has 200 valence electrons. The molecule has 3 aliphatic rings. The average molecular weight is 545 g/mol. The van der Waals surface area contributed by atoms with Crippen LogP contribution in [0.1, 0.15) is 30.0 Å². The number of likely N-dealkylation sites (tertiary alicyclic amines) is 1. The van der Waals surface area contributed by atoms with Crippen LogP contribution in [0.3, 0.4) is 0 Å². The minimum Gasteiger partial charge on any atom is -0.375 e. The fourth-order valence-corrected chi connectivity index (χ4v) is 6.97. The Kier molecular flexibility index (Phi) is 5.89. The standard InChI is InChI=1S/C27H27F3N4O3S/c1-26(2)21-22(26)25(36)34(24(21)35)13-16-10-20-23(38-16)17(4-5-31-20)18-8-14(27(28,29)30)11-32-19(18)9-15-12-33(3)6-7-37-15/h4-5,8,10-11,15,21-22H,6-7,9,12-13H2,1-3H3/t15-,21?,22?/m1/s1. The highest BCUT2D eigenvalue weighted by molar-refractivity contribution is 7.19. The summed E-state index contributed by atoms with van der Waals surface area (Å²) in [6, 6.07) is 4.65. The van der Waals surface area contributed by atoms with Gasteiger partial charge in [-0.25, -0.2) is 0 Å². The highest BCUT2D eigenvalue weighted by Gasteiger charge is 2.72. The molecule has 1 saturated carbocycles. The van der Waals surface area contributed by atoms with E-state index < -0.39 is 11.7 Å². The Morgan fingerprint density at radius 2 is 1.87 bits per heavy atom. The molecular weight excluding hydrogens is 517 g/mol. The van der Waals surface area contributed by atoms with Crippen LogP contribution in [0.25, 0.3) is 21.3 Å². The van der Waals surface area contributed by atoms with Crippen LogP contribution < -0.4 is 0 Å². The Bertz CT molecular complexity index is 1430. The number of thiophene rings is 1. The van der Waals surface area contributed by atoms with E-state index >= 15 is 0 Å². The minimum absolute atomic E-state index is 0.136. The van der Waals surface area contributed by atoms with Crippen LogP contribution >= 0.6 is 11.3 Å². The molecule has 0 N–H and O–H groups in total. The Labute approximate surface area is 221 Å². The van der Waals surface area contributed by atoms with Gasteiger partial charge in [0, 0.05) is 47.9 Å². The lowest BCUT2D eigenvalue weighted by Crippen LogP contribution is -2.41. The number of imide groups is 1. The fourth-order valence-electron chi connectivity index (χ4n) is 5.84. The predicted molar refractivity (Wildman–Crippen MR) is 135 cm³/mol. The third kappa shape index (κ3) is 4.20. The molecule has 2 aliphatic heterocycles. The minimum atomic E-state index is -4.54. The van der Waals surface area contributed by atoms with Gasteiger partial charge >= 0.3 is 6.18 Å². The van der Waals surface area contributed by atoms with Gasteiger partial charge in [0.1, 0.15) is 0 Å². The molecule has 0 radical (unpaired) electrons. The average Bonchev–Trinajstić information content (AvgIpc) is 3.09. The first-order valence-corrected chi connectivity index (χ1v) is 13.4. The van der Waals surface area contributed by atoms with E-state index in [2.05, 4.69) is 14.9 Å². The maximum Gasteiger partial charge on any atom is 0.417 e. The molecule has 5 heterocycles. The molecule has 1 aliphatic carbocycles. The summed E-state index contributed by atoms with van der Waals surface area (Å²) in [6.45, 7) is 6.01. The van der Waals surface area contributed by atoms with Gasteiger partial charge in [0.2, 0.25) is 11.8 Å². The van der Waals surface area contributed by atoms with Crippen LogP contribution in [-0.4, -0.2) is 64.4 Å². The first-order chi connectivity index (χ1) is 17.9. The van der Waals surface area contributed by atoms with Gasteiger partial charge in [-0.2, -0.15) is 13.2 Å². The first kappa shape index (κ1) is 25.4. The van der Waals surface area contributed by atoms with Crippen molar-refractivity contribution in [1.82, 2.24) is 19.8 Å². The van der Waals surface area contributed by atoms with Crippen molar-refractivity contribution in [3.05, 3.63) is 46.7 Å². The molecular formula is C27H27F3N4O3S. The number of fused-ring (bicyclic) bond motifs is 2. The molecule has 3 aromatic heterocycles. The molecule has 3 fully saturated rings. The van der Waals surface area contributed by atoms with Gasteiger partial charge in [-0.3, -0.25) is 24.5 Å². The Hall–Kier alpha value is -2.89. The number of carbonyl (C=O) groups excluding carboxylic acids is 2. The van der Waals surface area contributed by atoms with Gasteiger partial charge in [0.25, 0.3) is 0 Å². The number of amides is 2. The smallest absolute Gasteiger partial charge is 0.375 e. The molecule has 2 unspecified atom stereocenters. The summed E-state index contributed by atoms with van der Waals surface area (Å²) in [5.41, 5.74) is 0.983. The Morgan fingerprint density at radius 1 is 1.13 bits per heavy atom. The number of alkyl halides is 3. The van der Waals surface area contributed by atoms with Crippen molar-refractivity contribution in [2.75, 3.05) is 26.7 Å². The number of morpholine rings is 1. The summed E-state index contributed by atoms with van der Waals surface area (Å²) in [4.78, 5) is 38.5. The molecule has 3 atom stereocenters. The van der Waals surface area contributed by atoms with Crippen LogP contribution in [-0.2, 0) is 33.5 Å². The van der Waals surface area contributed by atoms with E-state index in [1.165, 1.54) is 16.2 Å². The highest BCUT2D eigenvalue weighted by atomic mass is 32.1. The van der Waals surface area contributed by atoms with Gasteiger partial charge < -0.3 is 9.64 Å². The van der Waals surface area contributed by atoms with E-state index in [-0.39, 0.29) is 41.7 Å². The summed E-state index contributed by atoms with van der Waals surface area (Å²) in [6.07, 6.45) is -1.92. The molecule has 2 amide bonds. The van der Waals surface area contributed by atoms with Crippen LogP contribution in [0.5, 0.6) is 0 Å². The normalized spacial score (nSPS) is 25.3. The van der Waals surface area contributed by atoms with Crippen LogP contribution in [0.15, 0.2) is 30.6 Å². The van der Waals surface area contributed by atoms with Crippen molar-refractivity contribution >= 4 is 33.4 Å². The quantitative estimate of drug-likeness (QED) is 0.444. The number of pyridine rings is 2. The second kappa shape index (κ2) is 8.82. The van der Waals surface area contributed by atoms with Gasteiger partial charge in [-0.1, -0.05) is 13.8 Å². The number of rotatable bonds is 5. The van der Waals surface area contributed by atoms with Crippen molar-refractivity contribution in [2.45, 2.75) is 39.1 Å². The first-order valence-electron chi connectivity index (χ1n) is 12.5. The third-order valence-electron chi connectivity index (χ3n) is 8.02. The zero-order chi connectivity index (χ0) is 27.0. The molecule has 0 spiro atoms. The van der Waals surface area contributed by atoms with Crippen LogP contribution in [0, 0.1) is 17.3 Å². The number of halogens is 3. The van der Waals surface area contributed by atoms with Gasteiger partial charge in [0.15, 0.2) is 0 Å². The SMILES string of the molecule is CN1CCO[C@H](Cc2ncc(C(F)(F)F)cc2-c2ccnc3cc(CN4C(=O)C5C(C4=O)C5(C)C)sc23)C1.